The van der Waals surface area contributed by atoms with Gasteiger partial charge < -0.3 is 10.6 Å². The molecule has 104 valence electrons. The molecule has 1 aromatic carbocycles. The third kappa shape index (κ3) is 3.05. The fraction of sp³-hybridized carbons (Fsp3) is 0.333. The molecule has 1 amide bonds. The van der Waals surface area contributed by atoms with E-state index in [0.717, 1.165) is 37.3 Å². The topological polar surface area (TPSA) is 59.0 Å². The third-order valence-electron chi connectivity index (χ3n) is 3.56. The molecule has 1 unspecified atom stereocenters. The Hall–Kier alpha value is -2.14. The van der Waals surface area contributed by atoms with Gasteiger partial charge in [0, 0.05) is 24.6 Å². The predicted octanol–water partition coefficient (Wildman–Crippen LogP) is 1.48. The maximum atomic E-state index is 12.0. The molecule has 0 spiro atoms. The van der Waals surface area contributed by atoms with Gasteiger partial charge in [-0.05, 0) is 36.7 Å². The largest absolute Gasteiger partial charge is 0.326 e. The number of benzene rings is 1. The lowest BCUT2D eigenvalue weighted by Gasteiger charge is -2.10. The molecule has 0 saturated carbocycles. The number of anilines is 1. The lowest BCUT2D eigenvalue weighted by molar-refractivity contribution is -0.119. The van der Waals surface area contributed by atoms with Gasteiger partial charge in [0.05, 0.1) is 12.5 Å². The van der Waals surface area contributed by atoms with E-state index in [2.05, 4.69) is 15.7 Å². The Balaban J connectivity index is 1.59. The fourth-order valence-electron chi connectivity index (χ4n) is 2.40. The van der Waals surface area contributed by atoms with Crippen LogP contribution in [0.15, 0.2) is 42.7 Å². The normalized spacial score (nSPS) is 18.1. The molecule has 1 aliphatic heterocycles. The molecule has 2 N–H and O–H groups in total. The number of amides is 1. The Bertz CT molecular complexity index is 556. The highest BCUT2D eigenvalue weighted by molar-refractivity contribution is 5.92. The fourth-order valence-corrected chi connectivity index (χ4v) is 2.40. The number of hydrogen-bond acceptors (Lipinski definition) is 3. The highest BCUT2D eigenvalue weighted by Gasteiger charge is 2.22. The van der Waals surface area contributed by atoms with Crippen molar-refractivity contribution in [2.24, 2.45) is 5.92 Å². The minimum Gasteiger partial charge on any atom is -0.326 e. The summed E-state index contributed by atoms with van der Waals surface area (Å²) in [5.41, 5.74) is 2.01. The lowest BCUT2D eigenvalue weighted by atomic mass is 10.1. The van der Waals surface area contributed by atoms with Crippen LogP contribution in [0.2, 0.25) is 0 Å². The lowest BCUT2D eigenvalue weighted by Crippen LogP contribution is -2.24. The zero-order chi connectivity index (χ0) is 13.8. The number of hydrogen-bond donors (Lipinski definition) is 2. The van der Waals surface area contributed by atoms with Gasteiger partial charge >= 0.3 is 0 Å². The van der Waals surface area contributed by atoms with Crippen LogP contribution in [-0.2, 0) is 11.3 Å². The zero-order valence-electron chi connectivity index (χ0n) is 11.2. The molecular weight excluding hydrogens is 252 g/mol. The van der Waals surface area contributed by atoms with E-state index < -0.39 is 0 Å². The molecule has 0 aliphatic carbocycles. The number of aromatic nitrogens is 2. The standard InChI is InChI=1S/C15H18N4O/c20-15(13-6-8-16-10-13)18-14-4-2-12(3-5-14)11-19-9-1-7-17-19/h1-5,7,9,13,16H,6,8,10-11H2,(H,18,20). The Labute approximate surface area is 118 Å². The van der Waals surface area contributed by atoms with Crippen LogP contribution in [0, 0.1) is 5.92 Å². The molecule has 1 saturated heterocycles. The summed E-state index contributed by atoms with van der Waals surface area (Å²) in [7, 11) is 0. The maximum Gasteiger partial charge on any atom is 0.228 e. The van der Waals surface area contributed by atoms with Gasteiger partial charge in [-0.3, -0.25) is 9.48 Å². The second-order valence-corrected chi connectivity index (χ2v) is 5.08. The van der Waals surface area contributed by atoms with Gasteiger partial charge in [-0.1, -0.05) is 12.1 Å². The van der Waals surface area contributed by atoms with Crippen LogP contribution in [0.3, 0.4) is 0 Å². The molecule has 0 radical (unpaired) electrons. The minimum absolute atomic E-state index is 0.0961. The van der Waals surface area contributed by atoms with Crippen molar-refractivity contribution in [3.63, 3.8) is 0 Å². The molecule has 5 nitrogen and oxygen atoms in total. The van der Waals surface area contributed by atoms with Crippen molar-refractivity contribution >= 4 is 11.6 Å². The summed E-state index contributed by atoms with van der Waals surface area (Å²) in [5, 5.41) is 10.3. The monoisotopic (exact) mass is 270 g/mol. The van der Waals surface area contributed by atoms with Gasteiger partial charge in [0.1, 0.15) is 0 Å². The number of nitrogens with one attached hydrogen (secondary N) is 2. The second kappa shape index (κ2) is 5.88. The smallest absolute Gasteiger partial charge is 0.228 e. The van der Waals surface area contributed by atoms with Gasteiger partial charge in [0.15, 0.2) is 0 Å². The Morgan fingerprint density at radius 3 is 2.90 bits per heavy atom. The first kappa shape index (κ1) is 12.9. The van der Waals surface area contributed by atoms with Crippen LogP contribution in [0.25, 0.3) is 0 Å². The highest BCUT2D eigenvalue weighted by atomic mass is 16.1. The van der Waals surface area contributed by atoms with Crippen LogP contribution in [0.5, 0.6) is 0 Å². The van der Waals surface area contributed by atoms with E-state index in [-0.39, 0.29) is 11.8 Å². The van der Waals surface area contributed by atoms with E-state index in [1.165, 1.54) is 0 Å². The van der Waals surface area contributed by atoms with E-state index in [0.29, 0.717) is 0 Å². The Morgan fingerprint density at radius 1 is 1.40 bits per heavy atom. The summed E-state index contributed by atoms with van der Waals surface area (Å²) in [4.78, 5) is 12.0. The Morgan fingerprint density at radius 2 is 2.25 bits per heavy atom. The predicted molar refractivity (Wildman–Crippen MR) is 77.4 cm³/mol. The first-order valence-electron chi connectivity index (χ1n) is 6.89. The van der Waals surface area contributed by atoms with Crippen molar-refractivity contribution in [3.05, 3.63) is 48.3 Å². The molecule has 1 aromatic heterocycles. The van der Waals surface area contributed by atoms with Crippen LogP contribution in [0.1, 0.15) is 12.0 Å². The maximum absolute atomic E-state index is 12.0. The van der Waals surface area contributed by atoms with Crippen molar-refractivity contribution in [1.29, 1.82) is 0 Å². The summed E-state index contributed by atoms with van der Waals surface area (Å²) < 4.78 is 1.87. The van der Waals surface area contributed by atoms with E-state index in [4.69, 9.17) is 0 Å². The van der Waals surface area contributed by atoms with E-state index in [9.17, 15) is 4.79 Å². The van der Waals surface area contributed by atoms with Gasteiger partial charge in [-0.2, -0.15) is 5.10 Å². The highest BCUT2D eigenvalue weighted by Crippen LogP contribution is 2.14. The minimum atomic E-state index is 0.0961. The van der Waals surface area contributed by atoms with Gasteiger partial charge in [0.25, 0.3) is 0 Å². The van der Waals surface area contributed by atoms with Crippen LogP contribution in [-0.4, -0.2) is 28.8 Å². The number of carbonyl (C=O) groups is 1. The molecule has 2 aromatic rings. The zero-order valence-corrected chi connectivity index (χ0v) is 11.2. The van der Waals surface area contributed by atoms with E-state index >= 15 is 0 Å². The van der Waals surface area contributed by atoms with Crippen LogP contribution in [0.4, 0.5) is 5.69 Å². The van der Waals surface area contributed by atoms with E-state index in [1.54, 1.807) is 6.20 Å². The van der Waals surface area contributed by atoms with Crippen LogP contribution >= 0.6 is 0 Å². The number of rotatable bonds is 4. The van der Waals surface area contributed by atoms with Crippen molar-refractivity contribution in [1.82, 2.24) is 15.1 Å². The van der Waals surface area contributed by atoms with Crippen molar-refractivity contribution in [3.8, 4) is 0 Å². The summed E-state index contributed by atoms with van der Waals surface area (Å²) in [5.74, 6) is 0.202. The second-order valence-electron chi connectivity index (χ2n) is 5.08. The first-order chi connectivity index (χ1) is 9.81. The Kier molecular flexibility index (Phi) is 3.78. The molecular formula is C15H18N4O. The summed E-state index contributed by atoms with van der Waals surface area (Å²) in [6, 6.07) is 9.83. The van der Waals surface area contributed by atoms with E-state index in [1.807, 2.05) is 41.2 Å². The molecule has 20 heavy (non-hydrogen) atoms. The molecule has 5 heteroatoms. The molecule has 2 heterocycles. The average Bonchev–Trinajstić information content (AvgIpc) is 3.13. The average molecular weight is 270 g/mol. The SMILES string of the molecule is O=C(Nc1ccc(Cn2cccn2)cc1)C1CCNC1. The molecule has 1 fully saturated rings. The molecule has 0 bridgehead atoms. The number of nitrogens with zero attached hydrogens (tertiary/aromatic N) is 2. The van der Waals surface area contributed by atoms with Crippen molar-refractivity contribution < 1.29 is 4.79 Å². The summed E-state index contributed by atoms with van der Waals surface area (Å²) in [6.07, 6.45) is 4.62. The molecule has 1 aliphatic rings. The summed E-state index contributed by atoms with van der Waals surface area (Å²) >= 11 is 0. The summed E-state index contributed by atoms with van der Waals surface area (Å²) in [6.45, 7) is 2.46. The van der Waals surface area contributed by atoms with Crippen molar-refractivity contribution in [2.45, 2.75) is 13.0 Å². The molecule has 1 atom stereocenters. The number of carbonyl (C=O) groups excluding carboxylic acids is 1. The first-order valence-corrected chi connectivity index (χ1v) is 6.89. The van der Waals surface area contributed by atoms with Gasteiger partial charge in [-0.15, -0.1) is 0 Å². The van der Waals surface area contributed by atoms with Gasteiger partial charge in [-0.25, -0.2) is 0 Å². The van der Waals surface area contributed by atoms with Crippen molar-refractivity contribution in [2.75, 3.05) is 18.4 Å². The van der Waals surface area contributed by atoms with Crippen LogP contribution < -0.4 is 10.6 Å². The van der Waals surface area contributed by atoms with Gasteiger partial charge in [0.2, 0.25) is 5.91 Å². The molecule has 3 rings (SSSR count). The quantitative estimate of drug-likeness (QED) is 0.884. The third-order valence-corrected chi connectivity index (χ3v) is 3.56.